The lowest BCUT2D eigenvalue weighted by Gasteiger charge is -2.28. The minimum absolute atomic E-state index is 0.771. The van der Waals surface area contributed by atoms with E-state index in [1.165, 1.54) is 44.9 Å². The average molecular weight is 225 g/mol. The first-order valence-corrected chi connectivity index (χ1v) is 7.19. The Morgan fingerprint density at radius 3 is 2.31 bits per heavy atom. The third-order valence-corrected chi connectivity index (χ3v) is 4.15. The molecule has 2 rings (SSSR count). The molecule has 0 aromatic heterocycles. The molecule has 0 bridgehead atoms. The van der Waals surface area contributed by atoms with Gasteiger partial charge in [-0.2, -0.15) is 0 Å². The fraction of sp³-hybridized carbons (Fsp3) is 1.00. The molecule has 2 nitrogen and oxygen atoms in total. The van der Waals surface area contributed by atoms with Gasteiger partial charge in [-0.15, -0.1) is 0 Å². The molecule has 0 atom stereocenters. The van der Waals surface area contributed by atoms with Crippen molar-refractivity contribution in [2.75, 3.05) is 19.8 Å². The molecule has 0 amide bonds. The van der Waals surface area contributed by atoms with Crippen molar-refractivity contribution in [2.45, 2.75) is 57.9 Å². The van der Waals surface area contributed by atoms with Gasteiger partial charge in [-0.1, -0.05) is 13.3 Å². The van der Waals surface area contributed by atoms with Crippen molar-refractivity contribution in [1.29, 1.82) is 0 Å². The fourth-order valence-corrected chi connectivity index (χ4v) is 2.64. The third-order valence-electron chi connectivity index (χ3n) is 4.15. The van der Waals surface area contributed by atoms with Crippen molar-refractivity contribution in [3.63, 3.8) is 0 Å². The molecular weight excluding hydrogens is 198 g/mol. The summed E-state index contributed by atoms with van der Waals surface area (Å²) in [6.07, 6.45) is 9.77. The molecule has 0 aromatic carbocycles. The van der Waals surface area contributed by atoms with Crippen molar-refractivity contribution in [3.8, 4) is 0 Å². The molecule has 2 aliphatic carbocycles. The average Bonchev–Trinajstić information content (AvgIpc) is 3.13. The van der Waals surface area contributed by atoms with Crippen LogP contribution in [0, 0.1) is 11.8 Å². The highest BCUT2D eigenvalue weighted by molar-refractivity contribution is 4.76. The Kier molecular flexibility index (Phi) is 5.11. The second kappa shape index (κ2) is 6.61. The van der Waals surface area contributed by atoms with E-state index in [-0.39, 0.29) is 0 Å². The molecule has 0 radical (unpaired) electrons. The van der Waals surface area contributed by atoms with Gasteiger partial charge in [-0.05, 0) is 50.4 Å². The summed E-state index contributed by atoms with van der Waals surface area (Å²) in [7, 11) is 0. The maximum absolute atomic E-state index is 5.63. The fourth-order valence-electron chi connectivity index (χ4n) is 2.64. The van der Waals surface area contributed by atoms with E-state index in [1.807, 2.05) is 0 Å². The van der Waals surface area contributed by atoms with Crippen LogP contribution < -0.4 is 5.32 Å². The number of rotatable bonds is 7. The summed E-state index contributed by atoms with van der Waals surface area (Å²) >= 11 is 0. The van der Waals surface area contributed by atoms with Crippen molar-refractivity contribution in [2.24, 2.45) is 11.8 Å². The summed E-state index contributed by atoms with van der Waals surface area (Å²) < 4.78 is 5.63. The van der Waals surface area contributed by atoms with Crippen molar-refractivity contribution < 1.29 is 4.74 Å². The van der Waals surface area contributed by atoms with Crippen LogP contribution in [0.3, 0.4) is 0 Å². The molecular formula is C14H27NO. The Hall–Kier alpha value is -0.0800. The number of hydrogen-bond donors (Lipinski definition) is 1. The van der Waals surface area contributed by atoms with E-state index in [0.717, 1.165) is 37.6 Å². The van der Waals surface area contributed by atoms with Gasteiger partial charge in [0.1, 0.15) is 0 Å². The maximum atomic E-state index is 5.63. The summed E-state index contributed by atoms with van der Waals surface area (Å²) in [5.74, 6) is 1.91. The summed E-state index contributed by atoms with van der Waals surface area (Å²) in [6, 6.07) is 0.771. The first-order chi connectivity index (χ1) is 7.88. The Balaban J connectivity index is 1.43. The zero-order chi connectivity index (χ0) is 11.2. The molecule has 1 N–H and O–H groups in total. The monoisotopic (exact) mass is 225 g/mol. The quantitative estimate of drug-likeness (QED) is 0.673. The Bertz CT molecular complexity index is 183. The van der Waals surface area contributed by atoms with E-state index in [4.69, 9.17) is 4.74 Å². The molecule has 2 aliphatic rings. The summed E-state index contributed by atoms with van der Waals surface area (Å²) in [5, 5.41) is 3.64. The molecule has 2 heteroatoms. The number of ether oxygens (including phenoxy) is 1. The lowest BCUT2D eigenvalue weighted by atomic mass is 9.84. The van der Waals surface area contributed by atoms with Crippen molar-refractivity contribution in [1.82, 2.24) is 5.32 Å². The predicted octanol–water partition coefficient (Wildman–Crippen LogP) is 2.97. The smallest absolute Gasteiger partial charge is 0.0591 e. The van der Waals surface area contributed by atoms with E-state index in [1.54, 1.807) is 0 Å². The molecule has 16 heavy (non-hydrogen) atoms. The molecule has 2 saturated carbocycles. The van der Waals surface area contributed by atoms with Crippen LogP contribution in [0.4, 0.5) is 0 Å². The lowest BCUT2D eigenvalue weighted by molar-refractivity contribution is 0.121. The van der Waals surface area contributed by atoms with Crippen LogP contribution in [0.2, 0.25) is 0 Å². The van der Waals surface area contributed by atoms with E-state index >= 15 is 0 Å². The standard InChI is InChI=1S/C14H27NO/c1-2-12-5-7-14(8-6-12)15-9-10-16-11-13-3-4-13/h12-15H,2-11H2,1H3. The van der Waals surface area contributed by atoms with Crippen LogP contribution in [-0.2, 0) is 4.74 Å². The van der Waals surface area contributed by atoms with Crippen LogP contribution in [-0.4, -0.2) is 25.8 Å². The first-order valence-electron chi connectivity index (χ1n) is 7.19. The van der Waals surface area contributed by atoms with Crippen LogP contribution in [0.15, 0.2) is 0 Å². The zero-order valence-electron chi connectivity index (χ0n) is 10.7. The van der Waals surface area contributed by atoms with Crippen LogP contribution in [0.5, 0.6) is 0 Å². The SMILES string of the molecule is CCC1CCC(NCCOCC2CC2)CC1. The Morgan fingerprint density at radius 2 is 1.69 bits per heavy atom. The second-order valence-electron chi connectivity index (χ2n) is 5.60. The molecule has 94 valence electrons. The molecule has 0 heterocycles. The highest BCUT2D eigenvalue weighted by Gasteiger charge is 2.21. The predicted molar refractivity (Wildman–Crippen MR) is 67.6 cm³/mol. The zero-order valence-corrected chi connectivity index (χ0v) is 10.7. The summed E-state index contributed by atoms with van der Waals surface area (Å²) in [5.41, 5.74) is 0. The first kappa shape index (κ1) is 12.4. The largest absolute Gasteiger partial charge is 0.380 e. The van der Waals surface area contributed by atoms with Gasteiger partial charge in [-0.3, -0.25) is 0 Å². The third kappa shape index (κ3) is 4.42. The molecule has 0 aromatic rings. The highest BCUT2D eigenvalue weighted by atomic mass is 16.5. The van der Waals surface area contributed by atoms with Gasteiger partial charge in [0.2, 0.25) is 0 Å². The van der Waals surface area contributed by atoms with E-state index in [0.29, 0.717) is 0 Å². The van der Waals surface area contributed by atoms with Gasteiger partial charge in [0, 0.05) is 19.2 Å². The van der Waals surface area contributed by atoms with E-state index in [2.05, 4.69) is 12.2 Å². The highest BCUT2D eigenvalue weighted by Crippen LogP contribution is 2.28. The van der Waals surface area contributed by atoms with Gasteiger partial charge >= 0.3 is 0 Å². The molecule has 0 aliphatic heterocycles. The van der Waals surface area contributed by atoms with Crippen molar-refractivity contribution in [3.05, 3.63) is 0 Å². The molecule has 2 fully saturated rings. The van der Waals surface area contributed by atoms with Crippen LogP contribution in [0.1, 0.15) is 51.9 Å². The van der Waals surface area contributed by atoms with Gasteiger partial charge < -0.3 is 10.1 Å². The lowest BCUT2D eigenvalue weighted by Crippen LogP contribution is -2.35. The van der Waals surface area contributed by atoms with E-state index in [9.17, 15) is 0 Å². The minimum Gasteiger partial charge on any atom is -0.380 e. The topological polar surface area (TPSA) is 21.3 Å². The molecule has 0 spiro atoms. The van der Waals surface area contributed by atoms with Gasteiger partial charge in [0.25, 0.3) is 0 Å². The van der Waals surface area contributed by atoms with Crippen LogP contribution >= 0.6 is 0 Å². The Labute approximate surface area is 100 Å². The summed E-state index contributed by atoms with van der Waals surface area (Å²) in [4.78, 5) is 0. The van der Waals surface area contributed by atoms with Crippen LogP contribution in [0.25, 0.3) is 0 Å². The minimum atomic E-state index is 0.771. The van der Waals surface area contributed by atoms with Gasteiger partial charge in [0.15, 0.2) is 0 Å². The van der Waals surface area contributed by atoms with Gasteiger partial charge in [-0.25, -0.2) is 0 Å². The van der Waals surface area contributed by atoms with Crippen molar-refractivity contribution >= 4 is 0 Å². The number of nitrogens with one attached hydrogen (secondary N) is 1. The normalized spacial score (nSPS) is 30.6. The summed E-state index contributed by atoms with van der Waals surface area (Å²) in [6.45, 7) is 5.28. The van der Waals surface area contributed by atoms with E-state index < -0.39 is 0 Å². The Morgan fingerprint density at radius 1 is 1.00 bits per heavy atom. The second-order valence-corrected chi connectivity index (χ2v) is 5.60. The van der Waals surface area contributed by atoms with Gasteiger partial charge in [0.05, 0.1) is 6.61 Å². The maximum Gasteiger partial charge on any atom is 0.0591 e. The molecule has 0 unspecified atom stereocenters. The number of hydrogen-bond acceptors (Lipinski definition) is 2. The molecule has 0 saturated heterocycles.